The summed E-state index contributed by atoms with van der Waals surface area (Å²) in [6.45, 7) is 5.75. The van der Waals surface area contributed by atoms with Crippen molar-refractivity contribution in [2.75, 3.05) is 25.0 Å². The van der Waals surface area contributed by atoms with Gasteiger partial charge in [-0.1, -0.05) is 25.0 Å². The molecule has 0 amide bonds. The molecular formula is C18H28N2. The number of piperidine rings is 1. The molecule has 0 spiro atoms. The smallest absolute Gasteiger partial charge is 0.0343 e. The van der Waals surface area contributed by atoms with Crippen LogP contribution < -0.4 is 5.32 Å². The van der Waals surface area contributed by atoms with Crippen molar-refractivity contribution in [2.24, 2.45) is 5.92 Å². The largest absolute Gasteiger partial charge is 0.384 e. The fraction of sp³-hybridized carbons (Fsp3) is 0.667. The molecule has 3 rings (SSSR count). The number of hydrogen-bond acceptors (Lipinski definition) is 2. The first-order chi connectivity index (χ1) is 9.83. The van der Waals surface area contributed by atoms with E-state index < -0.39 is 0 Å². The molecule has 1 saturated carbocycles. The summed E-state index contributed by atoms with van der Waals surface area (Å²) in [6, 6.07) is 9.58. The van der Waals surface area contributed by atoms with Gasteiger partial charge in [-0.2, -0.15) is 0 Å². The first kappa shape index (κ1) is 13.9. The van der Waals surface area contributed by atoms with Gasteiger partial charge in [0.1, 0.15) is 0 Å². The van der Waals surface area contributed by atoms with Crippen LogP contribution in [0, 0.1) is 12.8 Å². The Hall–Kier alpha value is -1.02. The predicted molar refractivity (Wildman–Crippen MR) is 86.2 cm³/mol. The van der Waals surface area contributed by atoms with Crippen LogP contribution in [-0.2, 0) is 0 Å². The molecule has 2 heteroatoms. The Balaban J connectivity index is 1.50. The summed E-state index contributed by atoms with van der Waals surface area (Å²) in [5, 5.41) is 3.59. The lowest BCUT2D eigenvalue weighted by molar-refractivity contribution is 0.0645. The van der Waals surface area contributed by atoms with E-state index in [-0.39, 0.29) is 0 Å². The fourth-order valence-corrected chi connectivity index (χ4v) is 4.10. The number of nitrogens with one attached hydrogen (secondary N) is 1. The lowest BCUT2D eigenvalue weighted by Gasteiger charge is -2.44. The van der Waals surface area contributed by atoms with Crippen molar-refractivity contribution in [3.63, 3.8) is 0 Å². The molecule has 0 radical (unpaired) electrons. The van der Waals surface area contributed by atoms with Gasteiger partial charge in [0.15, 0.2) is 0 Å². The Morgan fingerprint density at radius 3 is 2.90 bits per heavy atom. The maximum Gasteiger partial charge on any atom is 0.0343 e. The van der Waals surface area contributed by atoms with Gasteiger partial charge in [0.05, 0.1) is 0 Å². The summed E-state index contributed by atoms with van der Waals surface area (Å²) in [5.41, 5.74) is 2.60. The molecule has 2 atom stereocenters. The molecule has 1 saturated heterocycles. The van der Waals surface area contributed by atoms with Crippen LogP contribution in [0.3, 0.4) is 0 Å². The predicted octanol–water partition coefficient (Wildman–Crippen LogP) is 4.06. The zero-order valence-corrected chi connectivity index (χ0v) is 12.8. The van der Waals surface area contributed by atoms with Gasteiger partial charge in [-0.15, -0.1) is 0 Å². The highest BCUT2D eigenvalue weighted by Gasteiger charge is 2.32. The number of anilines is 1. The standard InChI is InChI=1S/C18H28N2/c1-15-6-4-9-17(14-15)19-11-13-20-12-5-8-16-7-2-3-10-18(16)20/h4,6,9,14,16,18-19H,2-3,5,7-8,10-13H2,1H3/t16-,18-/m1/s1. The summed E-state index contributed by atoms with van der Waals surface area (Å²) in [7, 11) is 0. The van der Waals surface area contributed by atoms with Crippen molar-refractivity contribution in [3.05, 3.63) is 29.8 Å². The van der Waals surface area contributed by atoms with Gasteiger partial charge in [-0.3, -0.25) is 4.90 Å². The van der Waals surface area contributed by atoms with Crippen LogP contribution in [0.2, 0.25) is 0 Å². The quantitative estimate of drug-likeness (QED) is 0.889. The Labute approximate surface area is 123 Å². The molecule has 1 aliphatic heterocycles. The highest BCUT2D eigenvalue weighted by atomic mass is 15.2. The SMILES string of the molecule is Cc1cccc(NCCN2CCC[C@H]3CCCC[C@H]32)c1. The lowest BCUT2D eigenvalue weighted by atomic mass is 9.78. The van der Waals surface area contributed by atoms with E-state index >= 15 is 0 Å². The number of hydrogen-bond donors (Lipinski definition) is 1. The molecule has 0 aromatic heterocycles. The van der Waals surface area contributed by atoms with Gasteiger partial charge in [0, 0.05) is 24.8 Å². The normalized spacial score (nSPS) is 27.1. The van der Waals surface area contributed by atoms with Crippen LogP contribution in [0.25, 0.3) is 0 Å². The van der Waals surface area contributed by atoms with E-state index in [1.807, 2.05) is 0 Å². The highest BCUT2D eigenvalue weighted by molar-refractivity contribution is 5.45. The van der Waals surface area contributed by atoms with Crippen LogP contribution in [-0.4, -0.2) is 30.6 Å². The molecule has 1 aliphatic carbocycles. The zero-order valence-electron chi connectivity index (χ0n) is 12.8. The topological polar surface area (TPSA) is 15.3 Å². The summed E-state index contributed by atoms with van der Waals surface area (Å²) in [4.78, 5) is 2.76. The number of benzene rings is 1. The number of aryl methyl sites for hydroxylation is 1. The summed E-state index contributed by atoms with van der Waals surface area (Å²) >= 11 is 0. The maximum atomic E-state index is 3.59. The Morgan fingerprint density at radius 1 is 1.15 bits per heavy atom. The van der Waals surface area contributed by atoms with Crippen molar-refractivity contribution in [1.29, 1.82) is 0 Å². The molecule has 1 N–H and O–H groups in total. The molecule has 110 valence electrons. The van der Waals surface area contributed by atoms with Crippen molar-refractivity contribution in [3.8, 4) is 0 Å². The average Bonchev–Trinajstić information content (AvgIpc) is 2.48. The molecule has 1 aromatic carbocycles. The minimum absolute atomic E-state index is 0.886. The van der Waals surface area contributed by atoms with Crippen LogP contribution in [0.1, 0.15) is 44.1 Å². The van der Waals surface area contributed by atoms with Gasteiger partial charge < -0.3 is 5.32 Å². The third-order valence-electron chi connectivity index (χ3n) is 5.10. The number of nitrogens with zero attached hydrogens (tertiary/aromatic N) is 1. The Bertz CT molecular complexity index is 427. The molecule has 1 aromatic rings. The van der Waals surface area contributed by atoms with E-state index in [1.54, 1.807) is 0 Å². The number of fused-ring (bicyclic) bond motifs is 1. The second-order valence-electron chi connectivity index (χ2n) is 6.59. The van der Waals surface area contributed by atoms with Crippen LogP contribution in [0.5, 0.6) is 0 Å². The molecule has 2 nitrogen and oxygen atoms in total. The van der Waals surface area contributed by atoms with Gasteiger partial charge >= 0.3 is 0 Å². The van der Waals surface area contributed by atoms with Gasteiger partial charge in [0.2, 0.25) is 0 Å². The second-order valence-corrected chi connectivity index (χ2v) is 6.59. The summed E-state index contributed by atoms with van der Waals surface area (Å²) in [5.74, 6) is 0.997. The van der Waals surface area contributed by atoms with Crippen LogP contribution in [0.4, 0.5) is 5.69 Å². The third kappa shape index (κ3) is 3.35. The van der Waals surface area contributed by atoms with Gasteiger partial charge in [-0.25, -0.2) is 0 Å². The number of likely N-dealkylation sites (tertiary alicyclic amines) is 1. The molecule has 2 aliphatic rings. The van der Waals surface area contributed by atoms with Crippen LogP contribution in [0.15, 0.2) is 24.3 Å². The van der Waals surface area contributed by atoms with E-state index in [1.165, 1.54) is 62.9 Å². The lowest BCUT2D eigenvalue weighted by Crippen LogP contribution is -2.48. The fourth-order valence-electron chi connectivity index (χ4n) is 4.10. The minimum Gasteiger partial charge on any atom is -0.384 e. The van der Waals surface area contributed by atoms with E-state index in [4.69, 9.17) is 0 Å². The minimum atomic E-state index is 0.886. The molecule has 1 heterocycles. The third-order valence-corrected chi connectivity index (χ3v) is 5.10. The molecular weight excluding hydrogens is 244 g/mol. The first-order valence-corrected chi connectivity index (χ1v) is 8.37. The van der Waals surface area contributed by atoms with Crippen molar-refractivity contribution < 1.29 is 0 Å². The molecule has 20 heavy (non-hydrogen) atoms. The highest BCUT2D eigenvalue weighted by Crippen LogP contribution is 2.34. The van der Waals surface area contributed by atoms with Crippen LogP contribution >= 0.6 is 0 Å². The maximum absolute atomic E-state index is 3.59. The average molecular weight is 272 g/mol. The van der Waals surface area contributed by atoms with Crippen molar-refractivity contribution in [1.82, 2.24) is 4.90 Å². The van der Waals surface area contributed by atoms with E-state index in [0.29, 0.717) is 0 Å². The monoisotopic (exact) mass is 272 g/mol. The molecule has 2 fully saturated rings. The van der Waals surface area contributed by atoms with E-state index in [0.717, 1.165) is 18.5 Å². The molecule has 0 bridgehead atoms. The second kappa shape index (κ2) is 6.62. The summed E-state index contributed by atoms with van der Waals surface area (Å²) in [6.07, 6.45) is 8.72. The van der Waals surface area contributed by atoms with E-state index in [2.05, 4.69) is 41.4 Å². The molecule has 0 unspecified atom stereocenters. The van der Waals surface area contributed by atoms with Crippen molar-refractivity contribution >= 4 is 5.69 Å². The Kier molecular flexibility index (Phi) is 4.62. The van der Waals surface area contributed by atoms with Gasteiger partial charge in [-0.05, 0) is 62.8 Å². The Morgan fingerprint density at radius 2 is 2.00 bits per heavy atom. The zero-order chi connectivity index (χ0) is 13.8. The summed E-state index contributed by atoms with van der Waals surface area (Å²) < 4.78 is 0. The van der Waals surface area contributed by atoms with Crippen molar-refractivity contribution in [2.45, 2.75) is 51.5 Å². The van der Waals surface area contributed by atoms with Gasteiger partial charge in [0.25, 0.3) is 0 Å². The van der Waals surface area contributed by atoms with E-state index in [9.17, 15) is 0 Å². The first-order valence-electron chi connectivity index (χ1n) is 8.37. The number of rotatable bonds is 4.